The third-order valence-electron chi connectivity index (χ3n) is 3.20. The molecule has 0 aliphatic rings. The Bertz CT molecular complexity index is 364. The molecule has 0 saturated heterocycles. The molecule has 10 heteroatoms. The Morgan fingerprint density at radius 1 is 0.625 bits per heavy atom. The summed E-state index contributed by atoms with van der Waals surface area (Å²) in [4.78, 5) is 0. The van der Waals surface area contributed by atoms with E-state index < -0.39 is 31.7 Å². The molecule has 0 heterocycles. The fourth-order valence-corrected chi connectivity index (χ4v) is 23.0. The zero-order valence-corrected chi connectivity index (χ0v) is 22.6. The Hall–Kier alpha value is 1.62. The van der Waals surface area contributed by atoms with Gasteiger partial charge in [0.25, 0.3) is 7.63 Å². The first kappa shape index (κ1) is 25.6. The third-order valence-corrected chi connectivity index (χ3v) is 18.4. The summed E-state index contributed by atoms with van der Waals surface area (Å²) in [5.41, 5.74) is 0. The van der Waals surface area contributed by atoms with Gasteiger partial charge in [-0.1, -0.05) is 45.4 Å². The molecular formula is C14H35Cl3O3Si4. The number of rotatable bonds is 13. The molecule has 146 valence electrons. The second kappa shape index (κ2) is 10.8. The zero-order valence-electron chi connectivity index (χ0n) is 16.3. The van der Waals surface area contributed by atoms with Crippen LogP contribution in [0.2, 0.25) is 45.3 Å². The van der Waals surface area contributed by atoms with Crippen molar-refractivity contribution < 1.29 is 12.3 Å². The molecule has 0 aliphatic carbocycles. The number of hydrogen-bond acceptors (Lipinski definition) is 3. The monoisotopic (exact) mass is 468 g/mol. The molecule has 0 aromatic heterocycles. The van der Waals surface area contributed by atoms with Crippen LogP contribution in [-0.4, -0.2) is 31.7 Å². The Labute approximate surface area is 167 Å². The van der Waals surface area contributed by atoms with Crippen molar-refractivity contribution in [3.05, 3.63) is 0 Å². The highest BCUT2D eigenvalue weighted by Crippen LogP contribution is 2.31. The van der Waals surface area contributed by atoms with Crippen LogP contribution in [-0.2, 0) is 12.3 Å². The van der Waals surface area contributed by atoms with Crippen LogP contribution >= 0.6 is 33.2 Å². The van der Waals surface area contributed by atoms with Gasteiger partial charge < -0.3 is 12.3 Å². The SMILES string of the molecule is CCCCCCCC[Si](Cl)(Cl)O[Si](C)(C)O[Si](C)(C)O[Si](C)(C)Cl. The van der Waals surface area contributed by atoms with E-state index in [1.165, 1.54) is 25.7 Å². The Morgan fingerprint density at radius 3 is 1.58 bits per heavy atom. The van der Waals surface area contributed by atoms with Crippen molar-refractivity contribution in [3.63, 3.8) is 0 Å². The summed E-state index contributed by atoms with van der Waals surface area (Å²) < 4.78 is 18.4. The van der Waals surface area contributed by atoms with Crippen LogP contribution in [0.25, 0.3) is 0 Å². The van der Waals surface area contributed by atoms with Crippen LogP contribution in [0.1, 0.15) is 45.4 Å². The maximum atomic E-state index is 6.52. The molecule has 3 nitrogen and oxygen atoms in total. The summed E-state index contributed by atoms with van der Waals surface area (Å²) in [6, 6.07) is 0.751. The lowest BCUT2D eigenvalue weighted by molar-refractivity contribution is 0.337. The lowest BCUT2D eigenvalue weighted by atomic mass is 10.1. The van der Waals surface area contributed by atoms with Crippen molar-refractivity contribution in [3.8, 4) is 0 Å². The molecule has 0 saturated carbocycles. The highest BCUT2D eigenvalue weighted by molar-refractivity contribution is 7.43. The normalized spacial score (nSPS) is 14.2. The van der Waals surface area contributed by atoms with Crippen LogP contribution in [0.3, 0.4) is 0 Å². The highest BCUT2D eigenvalue weighted by Gasteiger charge is 2.45. The summed E-state index contributed by atoms with van der Waals surface area (Å²) >= 11 is 19.3. The Kier molecular flexibility index (Phi) is 11.6. The molecule has 0 unspecified atom stereocenters. The van der Waals surface area contributed by atoms with E-state index in [4.69, 9.17) is 45.6 Å². The smallest absolute Gasteiger partial charge is 0.380 e. The molecule has 0 radical (unpaired) electrons. The molecule has 0 amide bonds. The van der Waals surface area contributed by atoms with Crippen LogP contribution in [0.15, 0.2) is 0 Å². The van der Waals surface area contributed by atoms with Crippen molar-refractivity contribution in [2.75, 3.05) is 0 Å². The van der Waals surface area contributed by atoms with Crippen LogP contribution in [0.4, 0.5) is 0 Å². The lowest BCUT2D eigenvalue weighted by Crippen LogP contribution is -2.54. The largest absolute Gasteiger partial charge is 0.425 e. The van der Waals surface area contributed by atoms with Gasteiger partial charge in [-0.25, -0.2) is 0 Å². The molecule has 24 heavy (non-hydrogen) atoms. The first-order valence-electron chi connectivity index (χ1n) is 8.85. The van der Waals surface area contributed by atoms with Crippen molar-refractivity contribution in [1.29, 1.82) is 0 Å². The van der Waals surface area contributed by atoms with E-state index in [2.05, 4.69) is 6.92 Å². The van der Waals surface area contributed by atoms with Gasteiger partial charge in [0.15, 0.2) is 0 Å². The first-order valence-corrected chi connectivity index (χ1v) is 22.5. The molecule has 0 bridgehead atoms. The van der Waals surface area contributed by atoms with Gasteiger partial charge in [-0.2, -0.15) is 0 Å². The summed E-state index contributed by atoms with van der Waals surface area (Å²) in [7, 11) is -6.98. The molecule has 0 aliphatic heterocycles. The van der Waals surface area contributed by atoms with Gasteiger partial charge in [0.05, 0.1) is 0 Å². The van der Waals surface area contributed by atoms with Gasteiger partial charge in [0.2, 0.25) is 0 Å². The van der Waals surface area contributed by atoms with E-state index >= 15 is 0 Å². The molecule has 0 aromatic rings. The van der Waals surface area contributed by atoms with Crippen molar-refractivity contribution in [2.45, 2.75) is 90.8 Å². The number of unbranched alkanes of at least 4 members (excludes halogenated alkanes) is 5. The second-order valence-electron chi connectivity index (χ2n) is 7.62. The van der Waals surface area contributed by atoms with E-state index in [0.717, 1.165) is 18.9 Å². The second-order valence-corrected chi connectivity index (χ2v) is 27.1. The number of hydrogen-bond donors (Lipinski definition) is 0. The van der Waals surface area contributed by atoms with Crippen molar-refractivity contribution in [2.24, 2.45) is 0 Å². The van der Waals surface area contributed by atoms with Gasteiger partial charge in [-0.3, -0.25) is 0 Å². The van der Waals surface area contributed by atoms with Crippen molar-refractivity contribution >= 4 is 64.9 Å². The Balaban J connectivity index is 4.39. The van der Waals surface area contributed by atoms with Crippen LogP contribution < -0.4 is 0 Å². The van der Waals surface area contributed by atoms with E-state index in [1.54, 1.807) is 0 Å². The molecule has 0 rings (SSSR count). The highest BCUT2D eigenvalue weighted by atomic mass is 35.7. The lowest BCUT2D eigenvalue weighted by Gasteiger charge is -2.38. The standard InChI is InChI=1S/C14H35Cl3O3Si4/c1-8-9-10-11-12-13-14-24(16,17)20-23(6,7)19-22(4,5)18-21(2,3)15/h8-14H2,1-7H3. The predicted molar refractivity (Wildman–Crippen MR) is 117 cm³/mol. The maximum absolute atomic E-state index is 6.52. The summed E-state index contributed by atoms with van der Waals surface area (Å²) in [5, 5.41) is 0. The zero-order chi connectivity index (χ0) is 19.1. The third kappa shape index (κ3) is 14.8. The van der Waals surface area contributed by atoms with E-state index in [9.17, 15) is 0 Å². The maximum Gasteiger partial charge on any atom is 0.380 e. The van der Waals surface area contributed by atoms with E-state index in [0.29, 0.717) is 0 Å². The van der Waals surface area contributed by atoms with Crippen LogP contribution in [0, 0.1) is 0 Å². The van der Waals surface area contributed by atoms with Crippen molar-refractivity contribution in [1.82, 2.24) is 0 Å². The average molecular weight is 470 g/mol. The average Bonchev–Trinajstić information content (AvgIpc) is 2.26. The van der Waals surface area contributed by atoms with Crippen LogP contribution in [0.5, 0.6) is 0 Å². The number of halogens is 3. The fraction of sp³-hybridized carbons (Fsp3) is 1.00. The predicted octanol–water partition coefficient (Wildman–Crippen LogP) is 7.16. The Morgan fingerprint density at radius 2 is 1.08 bits per heavy atom. The molecule has 0 spiro atoms. The molecule has 0 aromatic carbocycles. The molecular weight excluding hydrogens is 435 g/mol. The molecule has 0 N–H and O–H groups in total. The summed E-state index contributed by atoms with van der Waals surface area (Å²) in [6.07, 6.45) is 7.27. The van der Waals surface area contributed by atoms with E-state index in [-0.39, 0.29) is 0 Å². The molecule has 0 fully saturated rings. The van der Waals surface area contributed by atoms with Gasteiger partial charge in [-0.05, 0) is 45.3 Å². The minimum Gasteiger partial charge on any atom is -0.425 e. The first-order chi connectivity index (χ1) is 10.7. The summed E-state index contributed by atoms with van der Waals surface area (Å²) in [6.45, 7) is 11.4. The van der Waals surface area contributed by atoms with Gasteiger partial charge in [-0.15, -0.1) is 33.2 Å². The fourth-order valence-electron chi connectivity index (χ4n) is 2.74. The minimum absolute atomic E-state index is 0.751. The minimum atomic E-state index is -2.74. The van der Waals surface area contributed by atoms with Gasteiger partial charge in [0, 0.05) is 0 Å². The van der Waals surface area contributed by atoms with E-state index in [1.807, 2.05) is 39.3 Å². The topological polar surface area (TPSA) is 27.7 Å². The van der Waals surface area contributed by atoms with Gasteiger partial charge >= 0.3 is 24.1 Å². The quantitative estimate of drug-likeness (QED) is 0.163. The van der Waals surface area contributed by atoms with Gasteiger partial charge in [0.1, 0.15) is 0 Å². The molecule has 0 atom stereocenters. The summed E-state index contributed by atoms with van der Waals surface area (Å²) in [5.74, 6) is 0.